The highest BCUT2D eigenvalue weighted by Gasteiger charge is 2.18. The van der Waals surface area contributed by atoms with Gasteiger partial charge in [0.05, 0.1) is 6.61 Å². The molecule has 15 heavy (non-hydrogen) atoms. The molecule has 0 aliphatic heterocycles. The first-order valence-electron chi connectivity index (χ1n) is 4.03. The maximum Gasteiger partial charge on any atom is 0.243 e. The molecule has 0 unspecified atom stereocenters. The molecule has 1 aromatic carbocycles. The van der Waals surface area contributed by atoms with Crippen LogP contribution in [0, 0.1) is 11.6 Å². The van der Waals surface area contributed by atoms with Crippen molar-refractivity contribution in [3.8, 4) is 0 Å². The first kappa shape index (κ1) is 12.0. The van der Waals surface area contributed by atoms with Gasteiger partial charge in [-0.2, -0.15) is 0 Å². The van der Waals surface area contributed by atoms with E-state index in [-0.39, 0.29) is 6.54 Å². The van der Waals surface area contributed by atoms with Crippen molar-refractivity contribution in [3.63, 3.8) is 0 Å². The average Bonchev–Trinajstić information content (AvgIpc) is 2.18. The van der Waals surface area contributed by atoms with Gasteiger partial charge >= 0.3 is 0 Å². The second kappa shape index (κ2) is 4.65. The largest absolute Gasteiger partial charge is 0.395 e. The number of benzene rings is 1. The molecule has 0 radical (unpaired) electrons. The van der Waals surface area contributed by atoms with Crippen molar-refractivity contribution in [2.45, 2.75) is 4.90 Å². The van der Waals surface area contributed by atoms with Crippen molar-refractivity contribution in [1.29, 1.82) is 0 Å². The molecule has 0 fully saturated rings. The van der Waals surface area contributed by atoms with Crippen LogP contribution in [0.5, 0.6) is 0 Å². The van der Waals surface area contributed by atoms with Crippen LogP contribution in [0.15, 0.2) is 23.1 Å². The lowest BCUT2D eigenvalue weighted by Crippen LogP contribution is -2.27. The van der Waals surface area contributed by atoms with E-state index in [9.17, 15) is 17.2 Å². The summed E-state index contributed by atoms with van der Waals surface area (Å²) in [5, 5.41) is 8.41. The van der Waals surface area contributed by atoms with Crippen molar-refractivity contribution in [3.05, 3.63) is 29.8 Å². The molecular formula is C8H9F2NO3S. The van der Waals surface area contributed by atoms with Crippen LogP contribution in [0.2, 0.25) is 0 Å². The smallest absolute Gasteiger partial charge is 0.243 e. The van der Waals surface area contributed by atoms with E-state index in [1.807, 2.05) is 4.72 Å². The van der Waals surface area contributed by atoms with Gasteiger partial charge in [-0.15, -0.1) is 0 Å². The lowest BCUT2D eigenvalue weighted by atomic mass is 10.3. The summed E-state index contributed by atoms with van der Waals surface area (Å²) in [6.45, 7) is -0.672. The standard InChI is InChI=1S/C8H9F2NO3S/c9-6-1-2-7(10)8(5-6)15(13,14)11-3-4-12/h1-2,5,11-12H,3-4H2. The van der Waals surface area contributed by atoms with Crippen LogP contribution in [0.4, 0.5) is 8.78 Å². The van der Waals surface area contributed by atoms with Gasteiger partial charge in [0.15, 0.2) is 0 Å². The summed E-state index contributed by atoms with van der Waals surface area (Å²) >= 11 is 0. The van der Waals surface area contributed by atoms with Gasteiger partial charge in [0.25, 0.3) is 0 Å². The molecule has 4 nitrogen and oxygen atoms in total. The van der Waals surface area contributed by atoms with Gasteiger partial charge in [0.1, 0.15) is 16.5 Å². The zero-order valence-electron chi connectivity index (χ0n) is 7.57. The number of hydrogen-bond acceptors (Lipinski definition) is 3. The molecule has 0 saturated heterocycles. The molecule has 0 amide bonds. The summed E-state index contributed by atoms with van der Waals surface area (Å²) in [5.41, 5.74) is 0. The average molecular weight is 237 g/mol. The second-order valence-corrected chi connectivity index (χ2v) is 4.43. The molecule has 0 aromatic heterocycles. The maximum absolute atomic E-state index is 13.0. The van der Waals surface area contributed by atoms with Crippen LogP contribution in [0.3, 0.4) is 0 Å². The van der Waals surface area contributed by atoms with Gasteiger partial charge in [-0.25, -0.2) is 21.9 Å². The molecule has 0 saturated carbocycles. The Kier molecular flexibility index (Phi) is 3.72. The third-order valence-corrected chi connectivity index (χ3v) is 3.06. The van der Waals surface area contributed by atoms with E-state index in [0.29, 0.717) is 6.07 Å². The van der Waals surface area contributed by atoms with Crippen molar-refractivity contribution in [2.75, 3.05) is 13.2 Å². The van der Waals surface area contributed by atoms with Gasteiger partial charge in [0.2, 0.25) is 10.0 Å². The van der Waals surface area contributed by atoms with Crippen molar-refractivity contribution < 1.29 is 22.3 Å². The van der Waals surface area contributed by atoms with Crippen molar-refractivity contribution >= 4 is 10.0 Å². The summed E-state index contributed by atoms with van der Waals surface area (Å²) in [6, 6.07) is 2.12. The zero-order valence-corrected chi connectivity index (χ0v) is 8.39. The van der Waals surface area contributed by atoms with Crippen molar-refractivity contribution in [2.24, 2.45) is 0 Å². The second-order valence-electron chi connectivity index (χ2n) is 2.70. The lowest BCUT2D eigenvalue weighted by Gasteiger charge is -2.06. The first-order chi connectivity index (χ1) is 6.97. The lowest BCUT2D eigenvalue weighted by molar-refractivity contribution is 0.301. The summed E-state index contributed by atoms with van der Waals surface area (Å²) in [7, 11) is -4.10. The Bertz CT molecular complexity index is 447. The minimum atomic E-state index is -4.10. The summed E-state index contributed by atoms with van der Waals surface area (Å²) < 4.78 is 50.3. The van der Waals surface area contributed by atoms with Crippen molar-refractivity contribution in [1.82, 2.24) is 4.72 Å². The minimum absolute atomic E-state index is 0.252. The molecule has 0 spiro atoms. The molecule has 84 valence electrons. The molecule has 0 heterocycles. The van der Waals surface area contributed by atoms with E-state index in [2.05, 4.69) is 0 Å². The van der Waals surface area contributed by atoms with Gasteiger partial charge in [-0.3, -0.25) is 0 Å². The molecule has 1 aromatic rings. The number of hydrogen-bond donors (Lipinski definition) is 2. The first-order valence-corrected chi connectivity index (χ1v) is 5.51. The highest BCUT2D eigenvalue weighted by molar-refractivity contribution is 7.89. The topological polar surface area (TPSA) is 66.4 Å². The molecule has 2 N–H and O–H groups in total. The SMILES string of the molecule is O=S(=O)(NCCO)c1cc(F)ccc1F. The Morgan fingerprint density at radius 1 is 1.33 bits per heavy atom. The Hall–Kier alpha value is -1.05. The quantitative estimate of drug-likeness (QED) is 0.788. The highest BCUT2D eigenvalue weighted by atomic mass is 32.2. The number of aliphatic hydroxyl groups excluding tert-OH is 1. The molecule has 0 aliphatic carbocycles. The molecular weight excluding hydrogens is 228 g/mol. The minimum Gasteiger partial charge on any atom is -0.395 e. The molecule has 0 bridgehead atoms. The third kappa shape index (κ3) is 2.95. The number of aliphatic hydroxyl groups is 1. The highest BCUT2D eigenvalue weighted by Crippen LogP contribution is 2.15. The van der Waals surface area contributed by atoms with E-state index in [1.54, 1.807) is 0 Å². The van der Waals surface area contributed by atoms with E-state index in [1.165, 1.54) is 0 Å². The Morgan fingerprint density at radius 3 is 2.60 bits per heavy atom. The Labute approximate surface area is 85.6 Å². The Morgan fingerprint density at radius 2 is 2.00 bits per heavy atom. The maximum atomic E-state index is 13.0. The number of rotatable bonds is 4. The summed E-state index contributed by atoms with van der Waals surface area (Å²) in [6.07, 6.45) is 0. The van der Waals surface area contributed by atoms with Crippen LogP contribution in [0.25, 0.3) is 0 Å². The van der Waals surface area contributed by atoms with Crippen LogP contribution in [-0.2, 0) is 10.0 Å². The normalized spacial score (nSPS) is 11.7. The number of sulfonamides is 1. The fourth-order valence-corrected chi connectivity index (χ4v) is 2.05. The number of nitrogens with one attached hydrogen (secondary N) is 1. The monoisotopic (exact) mass is 237 g/mol. The summed E-state index contributed by atoms with van der Waals surface area (Å²) in [4.78, 5) is -0.768. The predicted octanol–water partition coefficient (Wildman–Crippen LogP) is 0.235. The van der Waals surface area contributed by atoms with Gasteiger partial charge < -0.3 is 5.11 Å². The van der Waals surface area contributed by atoms with Gasteiger partial charge in [0, 0.05) is 6.54 Å². The third-order valence-electron chi connectivity index (χ3n) is 1.59. The van der Waals surface area contributed by atoms with Crippen LogP contribution < -0.4 is 4.72 Å². The molecule has 0 aliphatic rings. The summed E-state index contributed by atoms with van der Waals surface area (Å²) in [5.74, 6) is -1.89. The van der Waals surface area contributed by atoms with Gasteiger partial charge in [-0.05, 0) is 18.2 Å². The fraction of sp³-hybridized carbons (Fsp3) is 0.250. The Balaban J connectivity index is 3.09. The molecule has 0 atom stereocenters. The predicted molar refractivity (Wildman–Crippen MR) is 48.6 cm³/mol. The van der Waals surface area contributed by atoms with E-state index < -0.39 is 33.2 Å². The van der Waals surface area contributed by atoms with E-state index in [0.717, 1.165) is 12.1 Å². The molecule has 1 rings (SSSR count). The van der Waals surface area contributed by atoms with Crippen LogP contribution >= 0.6 is 0 Å². The van der Waals surface area contributed by atoms with E-state index in [4.69, 9.17) is 5.11 Å². The van der Waals surface area contributed by atoms with Crippen LogP contribution in [-0.4, -0.2) is 26.7 Å². The van der Waals surface area contributed by atoms with Gasteiger partial charge in [-0.1, -0.05) is 0 Å². The van der Waals surface area contributed by atoms with Crippen LogP contribution in [0.1, 0.15) is 0 Å². The molecule has 7 heteroatoms. The zero-order chi connectivity index (χ0) is 11.5. The number of halogens is 2. The fourth-order valence-electron chi connectivity index (χ4n) is 0.941. The van der Waals surface area contributed by atoms with E-state index >= 15 is 0 Å².